The molecule has 0 aromatic heterocycles. The van der Waals surface area contributed by atoms with Gasteiger partial charge < -0.3 is 4.90 Å². The van der Waals surface area contributed by atoms with Crippen LogP contribution in [0.1, 0.15) is 13.8 Å². The third-order valence-electron chi connectivity index (χ3n) is 1.00. The maximum atomic E-state index is 10.0. The average Bonchev–Trinajstić information content (AvgIpc) is 1.82. The first-order valence-electron chi connectivity index (χ1n) is 2.80. The van der Waals surface area contributed by atoms with Crippen LogP contribution in [0.3, 0.4) is 0 Å². The van der Waals surface area contributed by atoms with Gasteiger partial charge in [0.2, 0.25) is 0 Å². The van der Waals surface area contributed by atoms with Crippen LogP contribution in [0.4, 0.5) is 0 Å². The lowest BCUT2D eigenvalue weighted by molar-refractivity contribution is 0.356. The minimum atomic E-state index is 0.151. The molecule has 0 fully saturated rings. The van der Waals surface area contributed by atoms with E-state index in [0.717, 1.165) is 0 Å². The van der Waals surface area contributed by atoms with Crippen LogP contribution in [0.15, 0.2) is 0 Å². The fraction of sp³-hybridized carbons (Fsp3) is 0.571. The van der Waals surface area contributed by atoms with Gasteiger partial charge in [-0.05, 0) is 13.8 Å². The summed E-state index contributed by atoms with van der Waals surface area (Å²) in [4.78, 5) is 11.5. The molecule has 0 aromatic rings. The largest absolute Gasteiger partial charge is 0.321 e. The SMILES string of the molecule is C#CCN([C]=O)C(C)C. The number of rotatable bonds is 3. The lowest BCUT2D eigenvalue weighted by atomic mass is 10.3. The first-order chi connectivity index (χ1) is 4.22. The van der Waals surface area contributed by atoms with Crippen LogP contribution < -0.4 is 0 Å². The van der Waals surface area contributed by atoms with Gasteiger partial charge in [0.15, 0.2) is 0 Å². The molecule has 0 spiro atoms. The summed E-state index contributed by atoms with van der Waals surface area (Å²) in [6.45, 7) is 4.13. The second kappa shape index (κ2) is 3.96. The summed E-state index contributed by atoms with van der Waals surface area (Å²) in [7, 11) is 0. The Morgan fingerprint density at radius 1 is 1.67 bits per heavy atom. The first-order valence-corrected chi connectivity index (χ1v) is 2.80. The highest BCUT2D eigenvalue weighted by molar-refractivity contribution is 5.49. The van der Waals surface area contributed by atoms with Crippen molar-refractivity contribution in [3.8, 4) is 12.3 Å². The van der Waals surface area contributed by atoms with Crippen LogP contribution >= 0.6 is 0 Å². The lowest BCUT2D eigenvalue weighted by Crippen LogP contribution is -2.29. The van der Waals surface area contributed by atoms with Crippen molar-refractivity contribution >= 4 is 6.41 Å². The fourth-order valence-corrected chi connectivity index (χ4v) is 0.419. The Hall–Kier alpha value is -0.970. The summed E-state index contributed by atoms with van der Waals surface area (Å²) >= 11 is 0. The van der Waals surface area contributed by atoms with E-state index in [9.17, 15) is 4.79 Å². The number of amides is 1. The van der Waals surface area contributed by atoms with Gasteiger partial charge in [-0.15, -0.1) is 6.42 Å². The van der Waals surface area contributed by atoms with Crippen LogP contribution in [0.5, 0.6) is 0 Å². The predicted molar refractivity (Wildman–Crippen MR) is 36.4 cm³/mol. The molecule has 49 valence electrons. The fourth-order valence-electron chi connectivity index (χ4n) is 0.419. The normalized spacial score (nSPS) is 8.67. The molecule has 0 saturated heterocycles. The Kier molecular flexibility index (Phi) is 3.54. The Balaban J connectivity index is 3.71. The monoisotopic (exact) mass is 124 g/mol. The molecule has 0 saturated carbocycles. The number of hydrogen-bond donors (Lipinski definition) is 0. The maximum Gasteiger partial charge on any atom is 0.313 e. The smallest absolute Gasteiger partial charge is 0.313 e. The molecule has 0 heterocycles. The molecule has 0 aliphatic carbocycles. The van der Waals surface area contributed by atoms with E-state index in [1.54, 1.807) is 6.41 Å². The number of hydrogen-bond acceptors (Lipinski definition) is 1. The van der Waals surface area contributed by atoms with Crippen molar-refractivity contribution in [1.82, 2.24) is 4.90 Å². The minimum Gasteiger partial charge on any atom is -0.321 e. The van der Waals surface area contributed by atoms with Crippen LogP contribution in [0, 0.1) is 12.3 Å². The molecule has 0 aromatic carbocycles. The molecular formula is C7H10NO. The van der Waals surface area contributed by atoms with Crippen molar-refractivity contribution in [3.63, 3.8) is 0 Å². The molecule has 9 heavy (non-hydrogen) atoms. The van der Waals surface area contributed by atoms with Gasteiger partial charge in [-0.3, -0.25) is 4.79 Å². The maximum absolute atomic E-state index is 10.0. The number of nitrogens with zero attached hydrogens (tertiary/aromatic N) is 1. The molecule has 1 amide bonds. The van der Waals surface area contributed by atoms with E-state index < -0.39 is 0 Å². The van der Waals surface area contributed by atoms with Gasteiger partial charge in [0.1, 0.15) is 0 Å². The van der Waals surface area contributed by atoms with E-state index in [1.165, 1.54) is 4.90 Å². The first kappa shape index (κ1) is 8.03. The molecule has 0 aliphatic heterocycles. The van der Waals surface area contributed by atoms with Gasteiger partial charge in [0.25, 0.3) is 0 Å². The Morgan fingerprint density at radius 3 is 2.33 bits per heavy atom. The van der Waals surface area contributed by atoms with Crippen LogP contribution in [0.25, 0.3) is 0 Å². The van der Waals surface area contributed by atoms with Crippen molar-refractivity contribution in [3.05, 3.63) is 0 Å². The van der Waals surface area contributed by atoms with Crippen LogP contribution in [-0.4, -0.2) is 23.9 Å². The summed E-state index contributed by atoms with van der Waals surface area (Å²) in [5.41, 5.74) is 0. The average molecular weight is 124 g/mol. The van der Waals surface area contributed by atoms with Crippen molar-refractivity contribution in [1.29, 1.82) is 0 Å². The summed E-state index contributed by atoms with van der Waals surface area (Å²) in [5, 5.41) is 0. The van der Waals surface area contributed by atoms with Crippen molar-refractivity contribution in [2.75, 3.05) is 6.54 Å². The highest BCUT2D eigenvalue weighted by Crippen LogP contribution is 1.90. The van der Waals surface area contributed by atoms with Crippen LogP contribution in [0.2, 0.25) is 0 Å². The van der Waals surface area contributed by atoms with Gasteiger partial charge in [-0.25, -0.2) is 0 Å². The minimum absolute atomic E-state index is 0.151. The zero-order chi connectivity index (χ0) is 7.28. The zero-order valence-corrected chi connectivity index (χ0v) is 5.72. The summed E-state index contributed by atoms with van der Waals surface area (Å²) < 4.78 is 0. The topological polar surface area (TPSA) is 20.3 Å². The molecule has 0 unspecified atom stereocenters. The molecule has 0 bridgehead atoms. The van der Waals surface area contributed by atoms with Gasteiger partial charge in [-0.2, -0.15) is 0 Å². The van der Waals surface area contributed by atoms with Gasteiger partial charge >= 0.3 is 6.41 Å². The third-order valence-corrected chi connectivity index (χ3v) is 1.00. The zero-order valence-electron chi connectivity index (χ0n) is 5.72. The molecule has 2 nitrogen and oxygen atoms in total. The van der Waals surface area contributed by atoms with Crippen molar-refractivity contribution < 1.29 is 4.79 Å². The van der Waals surface area contributed by atoms with Gasteiger partial charge in [0, 0.05) is 6.04 Å². The quantitative estimate of drug-likeness (QED) is 0.394. The summed E-state index contributed by atoms with van der Waals surface area (Å²) in [6.07, 6.45) is 6.72. The summed E-state index contributed by atoms with van der Waals surface area (Å²) in [6, 6.07) is 0.151. The number of terminal acetylenes is 1. The summed E-state index contributed by atoms with van der Waals surface area (Å²) in [5.74, 6) is 2.36. The lowest BCUT2D eigenvalue weighted by Gasteiger charge is -2.16. The second-order valence-electron chi connectivity index (χ2n) is 2.02. The van der Waals surface area contributed by atoms with E-state index in [-0.39, 0.29) is 6.04 Å². The van der Waals surface area contributed by atoms with E-state index in [0.29, 0.717) is 6.54 Å². The highest BCUT2D eigenvalue weighted by Gasteiger charge is 2.03. The molecule has 2 heteroatoms. The van der Waals surface area contributed by atoms with Crippen molar-refractivity contribution in [2.24, 2.45) is 0 Å². The molecule has 0 atom stereocenters. The van der Waals surface area contributed by atoms with Gasteiger partial charge in [-0.1, -0.05) is 5.92 Å². The molecule has 0 N–H and O–H groups in total. The molecular weight excluding hydrogens is 114 g/mol. The predicted octanol–water partition coefficient (Wildman–Crippen LogP) is 0.397. The van der Waals surface area contributed by atoms with Crippen molar-refractivity contribution in [2.45, 2.75) is 19.9 Å². The Labute approximate surface area is 55.8 Å². The van der Waals surface area contributed by atoms with E-state index in [2.05, 4.69) is 5.92 Å². The molecule has 1 radical (unpaired) electrons. The highest BCUT2D eigenvalue weighted by atomic mass is 16.1. The van der Waals surface area contributed by atoms with E-state index >= 15 is 0 Å². The Bertz CT molecular complexity index is 123. The van der Waals surface area contributed by atoms with Gasteiger partial charge in [0.05, 0.1) is 6.54 Å². The van der Waals surface area contributed by atoms with E-state index in [1.807, 2.05) is 13.8 Å². The standard InChI is InChI=1S/C7H10NO/c1-4-5-8(6-9)7(2)3/h1,7H,5H2,2-3H3. The second-order valence-corrected chi connectivity index (χ2v) is 2.02. The van der Waals surface area contributed by atoms with E-state index in [4.69, 9.17) is 6.42 Å². The Morgan fingerprint density at radius 2 is 2.22 bits per heavy atom. The third kappa shape index (κ3) is 2.76. The molecule has 0 rings (SSSR count). The number of carbonyl (C=O) groups excluding carboxylic acids is 1. The molecule has 0 aliphatic rings. The van der Waals surface area contributed by atoms with Crippen LogP contribution in [-0.2, 0) is 4.79 Å².